The molecule has 0 saturated heterocycles. The van der Waals surface area contributed by atoms with Crippen LogP contribution in [0.1, 0.15) is 24.2 Å². The molecule has 1 heterocycles. The summed E-state index contributed by atoms with van der Waals surface area (Å²) < 4.78 is 10.7. The maximum Gasteiger partial charge on any atom is 0.254 e. The first-order chi connectivity index (χ1) is 11.6. The van der Waals surface area contributed by atoms with Gasteiger partial charge in [0.2, 0.25) is 5.95 Å². The van der Waals surface area contributed by atoms with Gasteiger partial charge in [0.25, 0.3) is 5.91 Å². The van der Waals surface area contributed by atoms with Crippen LogP contribution >= 0.6 is 0 Å². The molecule has 0 radical (unpaired) electrons. The number of rotatable bonds is 8. The number of methoxy groups -OCH3 is 1. The lowest BCUT2D eigenvalue weighted by Crippen LogP contribution is -2.30. The third-order valence-electron chi connectivity index (χ3n) is 3.05. The van der Waals surface area contributed by atoms with Crippen molar-refractivity contribution in [1.29, 1.82) is 0 Å². The molecule has 0 atom stereocenters. The van der Waals surface area contributed by atoms with Crippen molar-refractivity contribution >= 4 is 11.9 Å². The summed E-state index contributed by atoms with van der Waals surface area (Å²) in [4.78, 5) is 20.0. The normalized spacial score (nSPS) is 10.3. The Bertz CT molecular complexity index is 642. The van der Waals surface area contributed by atoms with E-state index in [9.17, 15) is 4.79 Å². The number of hydrogen-bond acceptors (Lipinski definition) is 6. The number of ether oxygens (including phenoxy) is 2. The van der Waals surface area contributed by atoms with Gasteiger partial charge < -0.3 is 20.1 Å². The van der Waals surface area contributed by atoms with Crippen LogP contribution in [-0.4, -0.2) is 42.2 Å². The van der Waals surface area contributed by atoms with Gasteiger partial charge in [-0.05, 0) is 38.1 Å². The summed E-state index contributed by atoms with van der Waals surface area (Å²) in [5, 5.41) is 5.83. The number of anilines is 1. The predicted molar refractivity (Wildman–Crippen MR) is 91.6 cm³/mol. The quantitative estimate of drug-likeness (QED) is 0.721. The minimum atomic E-state index is -0.181. The summed E-state index contributed by atoms with van der Waals surface area (Å²) in [6.45, 7) is 4.81. The molecular formula is C17H22N4O3. The monoisotopic (exact) mass is 330 g/mol. The second kappa shape index (κ2) is 8.71. The van der Waals surface area contributed by atoms with E-state index >= 15 is 0 Å². The van der Waals surface area contributed by atoms with Crippen molar-refractivity contribution < 1.29 is 14.3 Å². The zero-order valence-corrected chi connectivity index (χ0v) is 14.1. The van der Waals surface area contributed by atoms with Crippen LogP contribution in [0.4, 0.5) is 5.95 Å². The first-order valence-corrected chi connectivity index (χ1v) is 7.72. The highest BCUT2D eigenvalue weighted by Gasteiger charge is 2.08. The lowest BCUT2D eigenvalue weighted by atomic mass is 10.3. The second-order valence-corrected chi connectivity index (χ2v) is 5.37. The molecule has 2 N–H and O–H groups in total. The van der Waals surface area contributed by atoms with E-state index in [0.29, 0.717) is 24.7 Å². The van der Waals surface area contributed by atoms with E-state index in [2.05, 4.69) is 20.6 Å². The highest BCUT2D eigenvalue weighted by Crippen LogP contribution is 2.16. The van der Waals surface area contributed by atoms with Crippen LogP contribution in [0.5, 0.6) is 11.5 Å². The van der Waals surface area contributed by atoms with Crippen molar-refractivity contribution in [3.63, 3.8) is 0 Å². The lowest BCUT2D eigenvalue weighted by molar-refractivity contribution is 0.0942. The maximum atomic E-state index is 11.8. The van der Waals surface area contributed by atoms with Gasteiger partial charge in [0.1, 0.15) is 18.1 Å². The summed E-state index contributed by atoms with van der Waals surface area (Å²) >= 11 is 0. The molecule has 0 fully saturated rings. The van der Waals surface area contributed by atoms with Crippen LogP contribution in [0.2, 0.25) is 0 Å². The molecule has 0 bridgehead atoms. The van der Waals surface area contributed by atoms with E-state index in [1.165, 1.54) is 12.4 Å². The molecule has 0 spiro atoms. The number of amides is 1. The Morgan fingerprint density at radius 1 is 1.12 bits per heavy atom. The molecule has 1 amide bonds. The minimum absolute atomic E-state index is 0.0744. The molecule has 2 aromatic rings. The average Bonchev–Trinajstić information content (AvgIpc) is 2.59. The predicted octanol–water partition coefficient (Wildman–Crippen LogP) is 2.11. The van der Waals surface area contributed by atoms with Crippen molar-refractivity contribution in [2.75, 3.05) is 25.6 Å². The van der Waals surface area contributed by atoms with Crippen molar-refractivity contribution in [2.24, 2.45) is 0 Å². The zero-order valence-electron chi connectivity index (χ0n) is 14.1. The smallest absolute Gasteiger partial charge is 0.254 e. The van der Waals surface area contributed by atoms with Crippen LogP contribution in [0, 0.1) is 0 Å². The Labute approximate surface area is 141 Å². The summed E-state index contributed by atoms with van der Waals surface area (Å²) in [6, 6.07) is 7.44. The Kier molecular flexibility index (Phi) is 6.36. The molecule has 0 aliphatic carbocycles. The molecule has 0 aliphatic rings. The third kappa shape index (κ3) is 5.42. The van der Waals surface area contributed by atoms with Gasteiger partial charge in [0, 0.05) is 18.4 Å². The number of nitrogens with zero attached hydrogens (tertiary/aromatic N) is 2. The first kappa shape index (κ1) is 17.5. The largest absolute Gasteiger partial charge is 0.497 e. The molecule has 7 nitrogen and oxygen atoms in total. The number of benzene rings is 1. The molecule has 2 rings (SSSR count). The Hall–Kier alpha value is -2.83. The molecule has 0 aliphatic heterocycles. The van der Waals surface area contributed by atoms with E-state index in [1.807, 2.05) is 38.1 Å². The summed E-state index contributed by atoms with van der Waals surface area (Å²) in [5.74, 6) is 1.82. The van der Waals surface area contributed by atoms with E-state index in [1.54, 1.807) is 7.11 Å². The van der Waals surface area contributed by atoms with Gasteiger partial charge in [-0.3, -0.25) is 4.79 Å². The van der Waals surface area contributed by atoms with Crippen molar-refractivity contribution in [1.82, 2.24) is 15.3 Å². The van der Waals surface area contributed by atoms with Crippen molar-refractivity contribution in [2.45, 2.75) is 19.9 Å². The number of aromatic nitrogens is 2. The number of hydrogen-bond donors (Lipinski definition) is 2. The topological polar surface area (TPSA) is 85.4 Å². The number of nitrogens with one attached hydrogen (secondary N) is 2. The standard InChI is InChI=1S/C17H22N4O3/c1-12(2)21-16(22)13-10-19-17(20-11-13)18-8-9-24-15-6-4-14(23-3)5-7-15/h4-7,10-12H,8-9H2,1-3H3,(H,21,22)(H,18,19,20). The number of carbonyl (C=O) groups is 1. The first-order valence-electron chi connectivity index (χ1n) is 7.72. The third-order valence-corrected chi connectivity index (χ3v) is 3.05. The van der Waals surface area contributed by atoms with Gasteiger partial charge in [-0.2, -0.15) is 0 Å². The second-order valence-electron chi connectivity index (χ2n) is 5.37. The molecule has 24 heavy (non-hydrogen) atoms. The minimum Gasteiger partial charge on any atom is -0.497 e. The summed E-state index contributed by atoms with van der Waals surface area (Å²) in [6.07, 6.45) is 2.99. The molecule has 1 aromatic carbocycles. The fraction of sp³-hybridized carbons (Fsp3) is 0.353. The van der Waals surface area contributed by atoms with E-state index in [-0.39, 0.29) is 11.9 Å². The van der Waals surface area contributed by atoms with E-state index < -0.39 is 0 Å². The average molecular weight is 330 g/mol. The van der Waals surface area contributed by atoms with Crippen LogP contribution < -0.4 is 20.1 Å². The van der Waals surface area contributed by atoms with E-state index in [0.717, 1.165) is 11.5 Å². The molecule has 128 valence electrons. The Morgan fingerprint density at radius 2 is 1.75 bits per heavy atom. The fourth-order valence-corrected chi connectivity index (χ4v) is 1.89. The maximum absolute atomic E-state index is 11.8. The van der Waals surface area contributed by atoms with Crippen molar-refractivity contribution in [3.8, 4) is 11.5 Å². The highest BCUT2D eigenvalue weighted by atomic mass is 16.5. The Balaban J connectivity index is 1.75. The highest BCUT2D eigenvalue weighted by molar-refractivity contribution is 5.93. The van der Waals surface area contributed by atoms with Crippen LogP contribution in [-0.2, 0) is 0 Å². The molecule has 0 unspecified atom stereocenters. The van der Waals surface area contributed by atoms with Gasteiger partial charge in [0.15, 0.2) is 0 Å². The van der Waals surface area contributed by atoms with E-state index in [4.69, 9.17) is 9.47 Å². The van der Waals surface area contributed by atoms with Crippen LogP contribution in [0.15, 0.2) is 36.7 Å². The zero-order chi connectivity index (χ0) is 17.4. The molecule has 1 aromatic heterocycles. The lowest BCUT2D eigenvalue weighted by Gasteiger charge is -2.09. The molecule has 7 heteroatoms. The molecule has 0 saturated carbocycles. The van der Waals surface area contributed by atoms with Gasteiger partial charge in [-0.25, -0.2) is 9.97 Å². The number of carbonyl (C=O) groups excluding carboxylic acids is 1. The molecular weight excluding hydrogens is 308 g/mol. The van der Waals surface area contributed by atoms with Gasteiger partial charge in [-0.1, -0.05) is 0 Å². The summed E-state index contributed by atoms with van der Waals surface area (Å²) in [5.41, 5.74) is 0.434. The SMILES string of the molecule is COc1ccc(OCCNc2ncc(C(=O)NC(C)C)cn2)cc1. The van der Waals surface area contributed by atoms with Gasteiger partial charge >= 0.3 is 0 Å². The Morgan fingerprint density at radius 3 is 2.33 bits per heavy atom. The van der Waals surface area contributed by atoms with Gasteiger partial charge in [0.05, 0.1) is 19.2 Å². The van der Waals surface area contributed by atoms with Crippen LogP contribution in [0.25, 0.3) is 0 Å². The van der Waals surface area contributed by atoms with Crippen molar-refractivity contribution in [3.05, 3.63) is 42.2 Å². The van der Waals surface area contributed by atoms with Gasteiger partial charge in [-0.15, -0.1) is 0 Å². The van der Waals surface area contributed by atoms with Crippen LogP contribution in [0.3, 0.4) is 0 Å². The fourth-order valence-electron chi connectivity index (χ4n) is 1.89. The summed E-state index contributed by atoms with van der Waals surface area (Å²) in [7, 11) is 1.62.